The second kappa shape index (κ2) is 6.40. The van der Waals surface area contributed by atoms with Gasteiger partial charge in [-0.15, -0.1) is 10.2 Å². The fourth-order valence-electron chi connectivity index (χ4n) is 2.27. The molecular formula is C15H16ClN7O. The summed E-state index contributed by atoms with van der Waals surface area (Å²) in [5, 5.41) is 15.4. The van der Waals surface area contributed by atoms with E-state index in [1.54, 1.807) is 42.2 Å². The van der Waals surface area contributed by atoms with Gasteiger partial charge in [0.25, 0.3) is 5.91 Å². The van der Waals surface area contributed by atoms with E-state index >= 15 is 0 Å². The van der Waals surface area contributed by atoms with Gasteiger partial charge in [-0.05, 0) is 32.9 Å². The molecule has 0 radical (unpaired) electrons. The molecule has 8 nitrogen and oxygen atoms in total. The zero-order valence-electron chi connectivity index (χ0n) is 13.4. The number of aromatic nitrogens is 6. The van der Waals surface area contributed by atoms with Crippen molar-refractivity contribution in [2.75, 3.05) is 5.32 Å². The average molecular weight is 346 g/mol. The molecule has 0 spiro atoms. The van der Waals surface area contributed by atoms with Crippen LogP contribution < -0.4 is 5.32 Å². The van der Waals surface area contributed by atoms with Crippen molar-refractivity contribution in [3.05, 3.63) is 47.0 Å². The van der Waals surface area contributed by atoms with Gasteiger partial charge in [0.15, 0.2) is 17.3 Å². The normalized spacial score (nSPS) is 11.0. The highest BCUT2D eigenvalue weighted by Crippen LogP contribution is 2.18. The third kappa shape index (κ3) is 3.00. The Balaban J connectivity index is 1.80. The molecule has 1 N–H and O–H groups in total. The van der Waals surface area contributed by atoms with Crippen LogP contribution in [-0.4, -0.2) is 35.7 Å². The molecule has 3 heterocycles. The number of carbonyl (C=O) groups excluding carboxylic acids is 1. The van der Waals surface area contributed by atoms with Crippen molar-refractivity contribution in [3.8, 4) is 5.82 Å². The van der Waals surface area contributed by atoms with Crippen molar-refractivity contribution in [1.29, 1.82) is 0 Å². The van der Waals surface area contributed by atoms with E-state index in [0.717, 1.165) is 0 Å². The molecule has 0 aliphatic heterocycles. The maximum absolute atomic E-state index is 12.4. The zero-order chi connectivity index (χ0) is 17.3. The largest absolute Gasteiger partial charge is 0.304 e. The van der Waals surface area contributed by atoms with Crippen LogP contribution in [-0.2, 0) is 0 Å². The Morgan fingerprint density at radius 3 is 2.79 bits per heavy atom. The number of rotatable bonds is 4. The average Bonchev–Trinajstić information content (AvgIpc) is 3.14. The number of amides is 1. The molecule has 3 rings (SSSR count). The van der Waals surface area contributed by atoms with E-state index < -0.39 is 0 Å². The molecule has 1 amide bonds. The molecular weight excluding hydrogens is 330 g/mol. The standard InChI is InChI=1S/C15H16ClN7O/c1-9(2)23-10(3)13(19-21-23)15(24)18-12-6-8-22(20-12)14-11(16)5-4-7-17-14/h4-9H,1-3H3,(H,18,20,24). The minimum Gasteiger partial charge on any atom is -0.304 e. The molecule has 3 aromatic rings. The van der Waals surface area contributed by atoms with Gasteiger partial charge in [-0.25, -0.2) is 14.3 Å². The molecule has 3 aromatic heterocycles. The van der Waals surface area contributed by atoms with E-state index in [0.29, 0.717) is 22.4 Å². The van der Waals surface area contributed by atoms with Gasteiger partial charge in [-0.3, -0.25) is 4.79 Å². The summed E-state index contributed by atoms with van der Waals surface area (Å²) in [6.07, 6.45) is 3.29. The molecule has 0 aliphatic rings. The van der Waals surface area contributed by atoms with E-state index in [9.17, 15) is 4.79 Å². The Labute approximate surface area is 143 Å². The van der Waals surface area contributed by atoms with Gasteiger partial charge in [0, 0.05) is 24.5 Å². The van der Waals surface area contributed by atoms with E-state index in [2.05, 4.69) is 25.7 Å². The topological polar surface area (TPSA) is 90.5 Å². The first-order valence-corrected chi connectivity index (χ1v) is 7.75. The molecule has 24 heavy (non-hydrogen) atoms. The number of anilines is 1. The third-order valence-electron chi connectivity index (χ3n) is 3.42. The van der Waals surface area contributed by atoms with Crippen molar-refractivity contribution in [1.82, 2.24) is 29.8 Å². The summed E-state index contributed by atoms with van der Waals surface area (Å²) in [6.45, 7) is 5.75. The van der Waals surface area contributed by atoms with Crippen LogP contribution in [0.25, 0.3) is 5.82 Å². The number of halogens is 1. The summed E-state index contributed by atoms with van der Waals surface area (Å²) in [5.74, 6) is 0.499. The van der Waals surface area contributed by atoms with Crippen molar-refractivity contribution in [2.45, 2.75) is 26.8 Å². The molecule has 0 fully saturated rings. The van der Waals surface area contributed by atoms with Crippen molar-refractivity contribution >= 4 is 23.3 Å². The van der Waals surface area contributed by atoms with Gasteiger partial charge >= 0.3 is 0 Å². The van der Waals surface area contributed by atoms with Crippen LogP contribution in [0.1, 0.15) is 36.1 Å². The van der Waals surface area contributed by atoms with E-state index in [1.807, 2.05) is 13.8 Å². The second-order valence-electron chi connectivity index (χ2n) is 5.47. The summed E-state index contributed by atoms with van der Waals surface area (Å²) in [6, 6.07) is 5.24. The first-order chi connectivity index (χ1) is 11.5. The van der Waals surface area contributed by atoms with Crippen LogP contribution in [0, 0.1) is 6.92 Å². The van der Waals surface area contributed by atoms with Gasteiger partial charge in [0.2, 0.25) is 0 Å². The fourth-order valence-corrected chi connectivity index (χ4v) is 2.48. The number of hydrogen-bond donors (Lipinski definition) is 1. The number of pyridine rings is 1. The van der Waals surface area contributed by atoms with Crippen molar-refractivity contribution in [2.24, 2.45) is 0 Å². The maximum atomic E-state index is 12.4. The predicted molar refractivity (Wildman–Crippen MR) is 89.5 cm³/mol. The van der Waals surface area contributed by atoms with Crippen LogP contribution in [0.3, 0.4) is 0 Å². The van der Waals surface area contributed by atoms with Gasteiger partial charge in [-0.2, -0.15) is 0 Å². The summed E-state index contributed by atoms with van der Waals surface area (Å²) >= 11 is 6.09. The summed E-state index contributed by atoms with van der Waals surface area (Å²) in [4.78, 5) is 16.5. The lowest BCUT2D eigenvalue weighted by Crippen LogP contribution is -2.15. The molecule has 0 unspecified atom stereocenters. The predicted octanol–water partition coefficient (Wildman–Crippen LogP) is 2.65. The van der Waals surface area contributed by atoms with Gasteiger partial charge < -0.3 is 5.32 Å². The molecule has 0 aliphatic carbocycles. The lowest BCUT2D eigenvalue weighted by atomic mass is 10.3. The first-order valence-electron chi connectivity index (χ1n) is 7.37. The molecule has 124 valence electrons. The summed E-state index contributed by atoms with van der Waals surface area (Å²) < 4.78 is 3.19. The highest BCUT2D eigenvalue weighted by Gasteiger charge is 2.18. The van der Waals surface area contributed by atoms with Crippen LogP contribution in [0.4, 0.5) is 5.82 Å². The highest BCUT2D eigenvalue weighted by molar-refractivity contribution is 6.32. The third-order valence-corrected chi connectivity index (χ3v) is 3.71. The lowest BCUT2D eigenvalue weighted by molar-refractivity contribution is 0.102. The van der Waals surface area contributed by atoms with E-state index in [4.69, 9.17) is 11.6 Å². The maximum Gasteiger partial charge on any atom is 0.279 e. The Morgan fingerprint density at radius 2 is 2.12 bits per heavy atom. The molecule has 0 saturated heterocycles. The molecule has 9 heteroatoms. The van der Waals surface area contributed by atoms with Gasteiger partial charge in [0.05, 0.1) is 10.7 Å². The SMILES string of the molecule is Cc1c(C(=O)Nc2ccn(-c3ncccc3Cl)n2)nnn1C(C)C. The van der Waals surface area contributed by atoms with E-state index in [-0.39, 0.29) is 17.6 Å². The van der Waals surface area contributed by atoms with E-state index in [1.165, 1.54) is 4.68 Å². The highest BCUT2D eigenvalue weighted by atomic mass is 35.5. The quantitative estimate of drug-likeness (QED) is 0.785. The Morgan fingerprint density at radius 1 is 1.33 bits per heavy atom. The van der Waals surface area contributed by atoms with Crippen molar-refractivity contribution < 1.29 is 4.79 Å². The second-order valence-corrected chi connectivity index (χ2v) is 5.88. The number of nitrogens with one attached hydrogen (secondary N) is 1. The smallest absolute Gasteiger partial charge is 0.279 e. The summed E-state index contributed by atoms with van der Waals surface area (Å²) in [5.41, 5.74) is 0.976. The number of nitrogens with zero attached hydrogens (tertiary/aromatic N) is 6. The van der Waals surface area contributed by atoms with Crippen LogP contribution in [0.2, 0.25) is 5.02 Å². The molecule has 0 bridgehead atoms. The monoisotopic (exact) mass is 345 g/mol. The van der Waals surface area contributed by atoms with Gasteiger partial charge in [-0.1, -0.05) is 16.8 Å². The van der Waals surface area contributed by atoms with Crippen LogP contribution >= 0.6 is 11.6 Å². The number of hydrogen-bond acceptors (Lipinski definition) is 5. The van der Waals surface area contributed by atoms with Crippen LogP contribution in [0.5, 0.6) is 0 Å². The zero-order valence-corrected chi connectivity index (χ0v) is 14.2. The molecule has 0 aromatic carbocycles. The minimum absolute atomic E-state index is 0.129. The number of carbonyl (C=O) groups is 1. The fraction of sp³-hybridized carbons (Fsp3) is 0.267. The van der Waals surface area contributed by atoms with Crippen molar-refractivity contribution in [3.63, 3.8) is 0 Å². The first kappa shape index (κ1) is 16.1. The Hall–Kier alpha value is -2.74. The van der Waals surface area contributed by atoms with Crippen LogP contribution in [0.15, 0.2) is 30.6 Å². The summed E-state index contributed by atoms with van der Waals surface area (Å²) in [7, 11) is 0. The Kier molecular flexibility index (Phi) is 4.30. The lowest BCUT2D eigenvalue weighted by Gasteiger charge is -2.06. The minimum atomic E-state index is -0.364. The molecule has 0 atom stereocenters. The Bertz CT molecular complexity index is 884. The molecule has 0 saturated carbocycles. The van der Waals surface area contributed by atoms with Gasteiger partial charge in [0.1, 0.15) is 0 Å².